The predicted molar refractivity (Wildman–Crippen MR) is 252 cm³/mol. The lowest BCUT2D eigenvalue weighted by Gasteiger charge is -2.28. The highest BCUT2D eigenvalue weighted by molar-refractivity contribution is 5.97. The second kappa shape index (κ2) is 17.2. The van der Waals surface area contributed by atoms with Crippen molar-refractivity contribution in [3.8, 4) is 22.3 Å². The van der Waals surface area contributed by atoms with E-state index >= 15 is 0 Å². The minimum absolute atomic E-state index is 0.304. The van der Waals surface area contributed by atoms with Gasteiger partial charge in [-0.3, -0.25) is 9.59 Å². The van der Waals surface area contributed by atoms with Crippen LogP contribution in [0.2, 0.25) is 0 Å². The quantitative estimate of drug-likeness (QED) is 0.0780. The largest absolute Gasteiger partial charge is 0.465 e. The first-order valence-electron chi connectivity index (χ1n) is 22.2. The van der Waals surface area contributed by atoms with Gasteiger partial charge in [0.2, 0.25) is 0 Å². The standard InChI is InChI=1S/C52H48N8O6/c1-29-25-36-26-33(34-18-21-38-40(27-34)55-47(53-38)42-15-9-23-59(42)49(61)45(57-51(63)64)31-11-5-3-6-12-31)17-20-37(36)30(2)44(29)35-19-22-39-41(28-35)56-48(54-39)43-16-10-24-60(43)50(62)46(58-52(65)66)32-13-7-4-8-14-32/h3-8,11-14,17-22,25-28,42-43,45-46,57-58H,9-10,15-16,23-24H2,1-2H3,(H,53,55)(H,54,56)(H,63,64)(H,65,66)/t42?,43-,45?,46+/m0/s1. The number of aromatic nitrogens is 4. The highest BCUT2D eigenvalue weighted by Gasteiger charge is 2.38. The Morgan fingerprint density at radius 2 is 1.08 bits per heavy atom. The Bertz CT molecular complexity index is 3180. The van der Waals surface area contributed by atoms with Crippen molar-refractivity contribution < 1.29 is 29.4 Å². The van der Waals surface area contributed by atoms with E-state index in [1.807, 2.05) is 24.3 Å². The number of imidazole rings is 2. The monoisotopic (exact) mass is 880 g/mol. The molecule has 4 heterocycles. The molecule has 6 aromatic carbocycles. The summed E-state index contributed by atoms with van der Waals surface area (Å²) in [4.78, 5) is 71.7. The first-order valence-corrected chi connectivity index (χ1v) is 22.2. The summed E-state index contributed by atoms with van der Waals surface area (Å²) in [5.74, 6) is 0.745. The summed E-state index contributed by atoms with van der Waals surface area (Å²) in [5, 5.41) is 26.3. The van der Waals surface area contributed by atoms with Crippen LogP contribution in [0.25, 0.3) is 55.1 Å². The van der Waals surface area contributed by atoms with Crippen LogP contribution in [-0.2, 0) is 9.59 Å². The van der Waals surface area contributed by atoms with Crippen molar-refractivity contribution in [1.82, 2.24) is 40.4 Å². The Morgan fingerprint density at radius 3 is 1.59 bits per heavy atom. The topological polar surface area (TPSA) is 197 Å². The van der Waals surface area contributed by atoms with Gasteiger partial charge >= 0.3 is 12.2 Å². The summed E-state index contributed by atoms with van der Waals surface area (Å²) < 4.78 is 0. The molecular formula is C52H48N8O6. The van der Waals surface area contributed by atoms with E-state index in [9.17, 15) is 29.4 Å². The van der Waals surface area contributed by atoms with Crippen LogP contribution in [-0.4, -0.2) is 77.0 Å². The van der Waals surface area contributed by atoms with Crippen LogP contribution >= 0.6 is 0 Å². The number of aromatic amines is 2. The number of likely N-dealkylation sites (tertiary alicyclic amines) is 2. The summed E-state index contributed by atoms with van der Waals surface area (Å²) in [6, 6.07) is 36.3. The lowest BCUT2D eigenvalue weighted by Crippen LogP contribution is -2.42. The smallest absolute Gasteiger partial charge is 0.405 e. The van der Waals surface area contributed by atoms with Crippen LogP contribution in [0.3, 0.4) is 0 Å². The Balaban J connectivity index is 0.896. The van der Waals surface area contributed by atoms with Crippen molar-refractivity contribution in [3.63, 3.8) is 0 Å². The van der Waals surface area contributed by atoms with Crippen LogP contribution in [0.15, 0.2) is 121 Å². The van der Waals surface area contributed by atoms with E-state index < -0.39 is 24.3 Å². The number of H-pyrrole nitrogens is 2. The van der Waals surface area contributed by atoms with Crippen molar-refractivity contribution in [2.45, 2.75) is 63.7 Å². The summed E-state index contributed by atoms with van der Waals surface area (Å²) in [6.45, 7) is 5.28. The molecule has 0 aliphatic carbocycles. The van der Waals surface area contributed by atoms with Crippen LogP contribution in [0, 0.1) is 13.8 Å². The lowest BCUT2D eigenvalue weighted by molar-refractivity contribution is -0.135. The zero-order chi connectivity index (χ0) is 45.6. The molecule has 14 heteroatoms. The van der Waals surface area contributed by atoms with Gasteiger partial charge in [0.25, 0.3) is 11.8 Å². The average molecular weight is 881 g/mol. The highest BCUT2D eigenvalue weighted by Crippen LogP contribution is 2.39. The molecule has 6 N–H and O–H groups in total. The van der Waals surface area contributed by atoms with Crippen LogP contribution < -0.4 is 10.6 Å². The van der Waals surface area contributed by atoms with Crippen molar-refractivity contribution in [2.24, 2.45) is 0 Å². The molecule has 332 valence electrons. The van der Waals surface area contributed by atoms with Crippen LogP contribution in [0.4, 0.5) is 9.59 Å². The molecule has 2 aliphatic heterocycles. The minimum Gasteiger partial charge on any atom is -0.465 e. The van der Waals surface area contributed by atoms with E-state index in [2.05, 4.69) is 83.0 Å². The molecule has 10 rings (SSSR count). The molecule has 14 nitrogen and oxygen atoms in total. The summed E-state index contributed by atoms with van der Waals surface area (Å²) in [6.07, 6.45) is 0.453. The first-order chi connectivity index (χ1) is 32.0. The number of hydrogen-bond acceptors (Lipinski definition) is 6. The zero-order valence-corrected chi connectivity index (χ0v) is 36.4. The van der Waals surface area contributed by atoms with E-state index in [4.69, 9.17) is 9.97 Å². The van der Waals surface area contributed by atoms with Gasteiger partial charge in [-0.25, -0.2) is 19.6 Å². The van der Waals surface area contributed by atoms with E-state index in [-0.39, 0.29) is 23.9 Å². The number of amides is 4. The number of fused-ring (bicyclic) bond motifs is 3. The maximum Gasteiger partial charge on any atom is 0.405 e. The molecule has 4 amide bonds. The summed E-state index contributed by atoms with van der Waals surface area (Å²) >= 11 is 0. The third kappa shape index (κ3) is 7.84. The van der Waals surface area contributed by atoms with E-state index in [0.717, 1.165) is 79.1 Å². The second-order valence-electron chi connectivity index (χ2n) is 17.3. The van der Waals surface area contributed by atoms with E-state index in [1.165, 1.54) is 0 Å². The molecule has 66 heavy (non-hydrogen) atoms. The molecule has 4 atom stereocenters. The predicted octanol–water partition coefficient (Wildman–Crippen LogP) is 9.89. The van der Waals surface area contributed by atoms with Gasteiger partial charge in [-0.1, -0.05) is 91.0 Å². The highest BCUT2D eigenvalue weighted by atomic mass is 16.4. The number of aryl methyl sites for hydroxylation is 2. The van der Waals surface area contributed by atoms with Gasteiger partial charge in [0.1, 0.15) is 23.7 Å². The number of carbonyl (C=O) groups excluding carboxylic acids is 2. The van der Waals surface area contributed by atoms with Gasteiger partial charge in [0.05, 0.1) is 34.2 Å². The molecule has 2 saturated heterocycles. The molecular weight excluding hydrogens is 833 g/mol. The number of rotatable bonds is 10. The summed E-state index contributed by atoms with van der Waals surface area (Å²) in [5.41, 5.74) is 10.9. The van der Waals surface area contributed by atoms with Gasteiger partial charge in [0.15, 0.2) is 0 Å². The normalized spacial score (nSPS) is 17.1. The lowest BCUT2D eigenvalue weighted by atomic mass is 9.89. The van der Waals surface area contributed by atoms with E-state index in [1.54, 1.807) is 58.3 Å². The van der Waals surface area contributed by atoms with E-state index in [0.29, 0.717) is 48.7 Å². The van der Waals surface area contributed by atoms with Crippen molar-refractivity contribution in [3.05, 3.63) is 155 Å². The number of carboxylic acid groups (broad SMARTS) is 2. The van der Waals surface area contributed by atoms with Crippen molar-refractivity contribution >= 4 is 56.8 Å². The molecule has 2 fully saturated rings. The molecule has 0 saturated carbocycles. The fourth-order valence-corrected chi connectivity index (χ4v) is 10.2. The molecule has 0 bridgehead atoms. The zero-order valence-electron chi connectivity index (χ0n) is 36.4. The second-order valence-corrected chi connectivity index (χ2v) is 17.3. The van der Waals surface area contributed by atoms with Crippen molar-refractivity contribution in [1.29, 1.82) is 0 Å². The molecule has 0 spiro atoms. The maximum absolute atomic E-state index is 13.9. The van der Waals surface area contributed by atoms with Gasteiger partial charge in [-0.05, 0) is 125 Å². The SMILES string of the molecule is Cc1cc2cc(-c3ccc4[nH]c(C5CCCN5C(=O)C(NC(=O)O)c5ccccc5)nc4c3)ccc2c(C)c1-c1ccc2[nH]c([C@@H]3CCCN3C(=O)[C@H](NC(=O)O)c3ccccc3)nc2c1. The van der Waals surface area contributed by atoms with Crippen LogP contribution in [0.1, 0.15) is 83.8 Å². The van der Waals surface area contributed by atoms with Gasteiger partial charge < -0.3 is 40.6 Å². The molecule has 2 unspecified atom stereocenters. The van der Waals surface area contributed by atoms with Gasteiger partial charge in [-0.2, -0.15) is 0 Å². The number of nitrogens with zero attached hydrogens (tertiary/aromatic N) is 4. The molecule has 2 aliphatic rings. The summed E-state index contributed by atoms with van der Waals surface area (Å²) in [7, 11) is 0. The number of nitrogens with one attached hydrogen (secondary N) is 4. The third-order valence-corrected chi connectivity index (χ3v) is 13.2. The fraction of sp³-hybridized carbons (Fsp3) is 0.231. The van der Waals surface area contributed by atoms with Gasteiger partial charge in [0, 0.05) is 13.1 Å². The molecule has 2 aromatic heterocycles. The van der Waals surface area contributed by atoms with Gasteiger partial charge in [-0.15, -0.1) is 0 Å². The Kier molecular flexibility index (Phi) is 10.9. The molecule has 8 aromatic rings. The van der Waals surface area contributed by atoms with Crippen LogP contribution in [0.5, 0.6) is 0 Å². The maximum atomic E-state index is 13.9. The van der Waals surface area contributed by atoms with Crippen molar-refractivity contribution in [2.75, 3.05) is 13.1 Å². The number of benzene rings is 6. The Labute approximate surface area is 379 Å². The number of carbonyl (C=O) groups is 4. The fourth-order valence-electron chi connectivity index (χ4n) is 10.2. The number of hydrogen-bond donors (Lipinski definition) is 6. The average Bonchev–Trinajstić information content (AvgIpc) is 4.16. The Morgan fingerprint density at radius 1 is 0.606 bits per heavy atom. The Hall–Kier alpha value is -8.00. The first kappa shape index (κ1) is 42.0. The minimum atomic E-state index is -1.26. The third-order valence-electron chi connectivity index (χ3n) is 13.2. The molecule has 0 radical (unpaired) electrons.